The van der Waals surface area contributed by atoms with Gasteiger partial charge in [-0.05, 0) is 49.2 Å². The van der Waals surface area contributed by atoms with Gasteiger partial charge in [-0.15, -0.1) is 11.3 Å². The Kier molecular flexibility index (Phi) is 5.00. The molecule has 0 radical (unpaired) electrons. The van der Waals surface area contributed by atoms with Crippen LogP contribution < -0.4 is 5.32 Å². The number of nitrogens with zero attached hydrogens (tertiary/aromatic N) is 3. The zero-order chi connectivity index (χ0) is 20.7. The third kappa shape index (κ3) is 3.59. The van der Waals surface area contributed by atoms with Crippen molar-refractivity contribution in [1.82, 2.24) is 14.8 Å². The molecule has 0 saturated carbocycles. The normalized spacial score (nSPS) is 18.2. The standard InChI is InChI=1S/C23H24N4O2S/c1-15(22-25-19-4-2-3-5-20(19)30-22)26-10-12-27(13-11-26)23(29)17-6-8-18-16(14-17)7-9-21(28)24-18/h2-6,8,14-15H,7,9-13H2,1H3,(H,24,28)/t15-/m1/s1. The molecule has 2 amide bonds. The Morgan fingerprint density at radius 2 is 1.90 bits per heavy atom. The Bertz CT molecular complexity index is 1080. The van der Waals surface area contributed by atoms with Crippen molar-refractivity contribution in [2.45, 2.75) is 25.8 Å². The third-order valence-electron chi connectivity index (χ3n) is 6.06. The number of rotatable bonds is 3. The summed E-state index contributed by atoms with van der Waals surface area (Å²) in [7, 11) is 0. The number of amides is 2. The van der Waals surface area contributed by atoms with E-state index in [0.717, 1.165) is 34.9 Å². The maximum atomic E-state index is 13.0. The Hall–Kier alpha value is -2.77. The predicted molar refractivity (Wildman–Crippen MR) is 119 cm³/mol. The zero-order valence-electron chi connectivity index (χ0n) is 16.9. The third-order valence-corrected chi connectivity index (χ3v) is 7.27. The summed E-state index contributed by atoms with van der Waals surface area (Å²) in [6, 6.07) is 14.1. The van der Waals surface area contributed by atoms with Crippen molar-refractivity contribution in [2.75, 3.05) is 31.5 Å². The number of fused-ring (bicyclic) bond motifs is 2. The summed E-state index contributed by atoms with van der Waals surface area (Å²) in [5.41, 5.74) is 3.64. The summed E-state index contributed by atoms with van der Waals surface area (Å²) in [5.74, 6) is 0.113. The fourth-order valence-corrected chi connectivity index (χ4v) is 5.29. The molecule has 7 heteroatoms. The van der Waals surface area contributed by atoms with Crippen molar-refractivity contribution >= 4 is 39.1 Å². The molecule has 0 bridgehead atoms. The van der Waals surface area contributed by atoms with Crippen molar-refractivity contribution < 1.29 is 9.59 Å². The van der Waals surface area contributed by atoms with E-state index in [-0.39, 0.29) is 17.9 Å². The quantitative estimate of drug-likeness (QED) is 0.702. The first-order valence-corrected chi connectivity index (χ1v) is 11.2. The molecule has 0 spiro atoms. The van der Waals surface area contributed by atoms with Crippen molar-refractivity contribution in [2.24, 2.45) is 0 Å². The SMILES string of the molecule is C[C@H](c1nc2ccccc2s1)N1CCN(C(=O)c2ccc3c(c2)CCC(=O)N3)CC1. The molecule has 5 rings (SSSR count). The van der Waals surface area contributed by atoms with Gasteiger partial charge in [0.1, 0.15) is 5.01 Å². The second-order valence-corrected chi connectivity index (χ2v) is 9.01. The van der Waals surface area contributed by atoms with Gasteiger partial charge in [0.15, 0.2) is 0 Å². The minimum Gasteiger partial charge on any atom is -0.336 e. The molecule has 1 aromatic heterocycles. The van der Waals surface area contributed by atoms with Gasteiger partial charge in [0.25, 0.3) is 5.91 Å². The van der Waals surface area contributed by atoms with Gasteiger partial charge in [-0.1, -0.05) is 12.1 Å². The van der Waals surface area contributed by atoms with Gasteiger partial charge < -0.3 is 10.2 Å². The van der Waals surface area contributed by atoms with Gasteiger partial charge in [0, 0.05) is 43.9 Å². The number of anilines is 1. The fraction of sp³-hybridized carbons (Fsp3) is 0.348. The van der Waals surface area contributed by atoms with E-state index >= 15 is 0 Å². The van der Waals surface area contributed by atoms with E-state index in [1.165, 1.54) is 4.70 Å². The van der Waals surface area contributed by atoms with Crippen molar-refractivity contribution in [1.29, 1.82) is 0 Å². The number of aryl methyl sites for hydroxylation is 1. The lowest BCUT2D eigenvalue weighted by molar-refractivity contribution is -0.116. The molecule has 2 aromatic carbocycles. The number of carbonyl (C=O) groups excluding carboxylic acids is 2. The lowest BCUT2D eigenvalue weighted by atomic mass is 10.00. The first kappa shape index (κ1) is 19.2. The van der Waals surface area contributed by atoms with E-state index in [0.29, 0.717) is 31.5 Å². The minimum absolute atomic E-state index is 0.0416. The van der Waals surface area contributed by atoms with E-state index in [2.05, 4.69) is 29.3 Å². The summed E-state index contributed by atoms with van der Waals surface area (Å²) in [6.45, 7) is 5.30. The van der Waals surface area contributed by atoms with Gasteiger partial charge in [-0.25, -0.2) is 4.98 Å². The molecule has 3 aromatic rings. The summed E-state index contributed by atoms with van der Waals surface area (Å²) in [5, 5.41) is 4.01. The topological polar surface area (TPSA) is 65.5 Å². The van der Waals surface area contributed by atoms with Crippen LogP contribution >= 0.6 is 11.3 Å². The van der Waals surface area contributed by atoms with Crippen LogP contribution in [0.15, 0.2) is 42.5 Å². The predicted octanol–water partition coefficient (Wildman–Crippen LogP) is 3.70. The number of benzene rings is 2. The molecule has 0 aliphatic carbocycles. The van der Waals surface area contributed by atoms with Crippen LogP contribution in [0.3, 0.4) is 0 Å². The summed E-state index contributed by atoms with van der Waals surface area (Å²) < 4.78 is 1.22. The van der Waals surface area contributed by atoms with E-state index in [9.17, 15) is 9.59 Å². The first-order chi connectivity index (χ1) is 14.6. The molecule has 0 unspecified atom stereocenters. The van der Waals surface area contributed by atoms with Gasteiger partial charge in [-0.2, -0.15) is 0 Å². The first-order valence-electron chi connectivity index (χ1n) is 10.4. The molecule has 1 atom stereocenters. The van der Waals surface area contributed by atoms with E-state index < -0.39 is 0 Å². The highest BCUT2D eigenvalue weighted by atomic mass is 32.1. The molecular formula is C23H24N4O2S. The molecule has 1 N–H and O–H groups in total. The maximum Gasteiger partial charge on any atom is 0.253 e. The number of piperazine rings is 1. The van der Waals surface area contributed by atoms with Crippen molar-refractivity contribution in [3.8, 4) is 0 Å². The van der Waals surface area contributed by atoms with E-state index in [1.54, 1.807) is 11.3 Å². The van der Waals surface area contributed by atoms with Crippen molar-refractivity contribution in [3.05, 3.63) is 58.6 Å². The van der Waals surface area contributed by atoms with Gasteiger partial charge >= 0.3 is 0 Å². The van der Waals surface area contributed by atoms with Crippen LogP contribution in [-0.2, 0) is 11.2 Å². The number of nitrogens with one attached hydrogen (secondary N) is 1. The highest BCUT2D eigenvalue weighted by Crippen LogP contribution is 2.30. The minimum atomic E-state index is 0.0416. The molecule has 1 saturated heterocycles. The Morgan fingerprint density at radius 1 is 1.10 bits per heavy atom. The van der Waals surface area contributed by atoms with Crippen LogP contribution in [0.5, 0.6) is 0 Å². The van der Waals surface area contributed by atoms with Crippen LogP contribution in [0.25, 0.3) is 10.2 Å². The van der Waals surface area contributed by atoms with Crippen LogP contribution in [-0.4, -0.2) is 52.8 Å². The lowest BCUT2D eigenvalue weighted by Gasteiger charge is -2.37. The van der Waals surface area contributed by atoms with Gasteiger partial charge in [0.2, 0.25) is 5.91 Å². The van der Waals surface area contributed by atoms with Crippen LogP contribution in [0.2, 0.25) is 0 Å². The van der Waals surface area contributed by atoms with Crippen LogP contribution in [0, 0.1) is 0 Å². The van der Waals surface area contributed by atoms with Gasteiger partial charge in [-0.3, -0.25) is 14.5 Å². The number of aromatic nitrogens is 1. The van der Waals surface area contributed by atoms with Gasteiger partial charge in [0.05, 0.1) is 16.3 Å². The molecule has 2 aliphatic heterocycles. The molecule has 6 nitrogen and oxygen atoms in total. The average molecular weight is 421 g/mol. The highest BCUT2D eigenvalue weighted by molar-refractivity contribution is 7.18. The molecule has 3 heterocycles. The highest BCUT2D eigenvalue weighted by Gasteiger charge is 2.27. The molecular weight excluding hydrogens is 396 g/mol. The molecule has 1 fully saturated rings. The smallest absolute Gasteiger partial charge is 0.253 e. The summed E-state index contributed by atoms with van der Waals surface area (Å²) in [4.78, 5) is 33.7. The van der Waals surface area contributed by atoms with Crippen molar-refractivity contribution in [3.63, 3.8) is 0 Å². The number of hydrogen-bond donors (Lipinski definition) is 1. The second kappa shape index (κ2) is 7.81. The number of carbonyl (C=O) groups is 2. The average Bonchev–Trinajstić information content (AvgIpc) is 3.22. The Labute approximate surface area is 179 Å². The molecule has 154 valence electrons. The maximum absolute atomic E-state index is 13.0. The summed E-state index contributed by atoms with van der Waals surface area (Å²) in [6.07, 6.45) is 1.17. The largest absolute Gasteiger partial charge is 0.336 e. The van der Waals surface area contributed by atoms with E-state index in [4.69, 9.17) is 4.98 Å². The number of thiazole rings is 1. The monoisotopic (exact) mass is 420 g/mol. The Morgan fingerprint density at radius 3 is 2.70 bits per heavy atom. The van der Waals surface area contributed by atoms with E-state index in [1.807, 2.05) is 35.2 Å². The number of hydrogen-bond acceptors (Lipinski definition) is 5. The van der Waals surface area contributed by atoms with Crippen LogP contribution in [0.4, 0.5) is 5.69 Å². The second-order valence-electron chi connectivity index (χ2n) is 7.94. The Balaban J connectivity index is 1.24. The summed E-state index contributed by atoms with van der Waals surface area (Å²) >= 11 is 1.75. The number of para-hydroxylation sites is 1. The molecule has 2 aliphatic rings. The zero-order valence-corrected chi connectivity index (χ0v) is 17.7. The van der Waals surface area contributed by atoms with Crippen LogP contribution in [0.1, 0.15) is 40.3 Å². The molecule has 30 heavy (non-hydrogen) atoms. The lowest BCUT2D eigenvalue weighted by Crippen LogP contribution is -2.49. The fourth-order valence-electron chi connectivity index (χ4n) is 4.24.